The van der Waals surface area contributed by atoms with E-state index in [1.807, 2.05) is 0 Å². The topological polar surface area (TPSA) is 95.0 Å². The molecule has 25 heavy (non-hydrogen) atoms. The Bertz CT molecular complexity index is 816. The minimum Gasteiger partial charge on any atom is -0.481 e. The molecule has 0 aromatic heterocycles. The maximum absolute atomic E-state index is 12.6. The van der Waals surface area contributed by atoms with Crippen molar-refractivity contribution in [2.75, 3.05) is 24.5 Å². The number of carbonyl (C=O) groups is 2. The lowest BCUT2D eigenvalue weighted by Crippen LogP contribution is -2.31. The zero-order valence-electron chi connectivity index (χ0n) is 14.3. The van der Waals surface area contributed by atoms with Crippen molar-refractivity contribution < 1.29 is 23.1 Å². The second-order valence-electron chi connectivity index (χ2n) is 6.41. The third kappa shape index (κ3) is 3.04. The highest BCUT2D eigenvalue weighted by molar-refractivity contribution is 7.89. The number of benzene rings is 1. The van der Waals surface area contributed by atoms with Crippen LogP contribution in [0.15, 0.2) is 23.1 Å². The average molecular weight is 366 g/mol. The van der Waals surface area contributed by atoms with Crippen molar-refractivity contribution >= 4 is 27.6 Å². The number of carboxylic acids is 1. The van der Waals surface area contributed by atoms with Gasteiger partial charge in [-0.05, 0) is 36.6 Å². The first-order valence-electron chi connectivity index (χ1n) is 8.48. The fraction of sp³-hybridized carbons (Fsp3) is 0.529. The van der Waals surface area contributed by atoms with E-state index in [4.69, 9.17) is 5.11 Å². The summed E-state index contributed by atoms with van der Waals surface area (Å²) in [7, 11) is -3.53. The van der Waals surface area contributed by atoms with Crippen LogP contribution in [0.25, 0.3) is 0 Å². The van der Waals surface area contributed by atoms with E-state index in [2.05, 4.69) is 0 Å². The summed E-state index contributed by atoms with van der Waals surface area (Å²) >= 11 is 0. The Kier molecular flexibility index (Phi) is 4.59. The summed E-state index contributed by atoms with van der Waals surface area (Å²) in [6.45, 7) is 4.86. The van der Waals surface area contributed by atoms with Crippen molar-refractivity contribution in [2.24, 2.45) is 11.8 Å². The fourth-order valence-corrected chi connectivity index (χ4v) is 4.93. The molecule has 8 heteroatoms. The molecule has 1 N–H and O–H groups in total. The van der Waals surface area contributed by atoms with Gasteiger partial charge in [-0.15, -0.1) is 0 Å². The summed E-state index contributed by atoms with van der Waals surface area (Å²) in [6, 6.07) is 4.83. The highest BCUT2D eigenvalue weighted by atomic mass is 32.2. The normalized spacial score (nSPS) is 22.1. The Morgan fingerprint density at radius 1 is 1.24 bits per heavy atom. The smallest absolute Gasteiger partial charge is 0.307 e. The number of aliphatic carboxylic acids is 1. The molecule has 0 spiro atoms. The average Bonchev–Trinajstić information content (AvgIpc) is 3.27. The summed E-state index contributed by atoms with van der Waals surface area (Å²) in [5.41, 5.74) is 1.51. The number of carbonyl (C=O) groups excluding carboxylic acids is 1. The van der Waals surface area contributed by atoms with Crippen molar-refractivity contribution in [3.63, 3.8) is 0 Å². The highest BCUT2D eigenvalue weighted by Crippen LogP contribution is 2.42. The lowest BCUT2D eigenvalue weighted by molar-refractivity contribution is -0.140. The van der Waals surface area contributed by atoms with Crippen LogP contribution in [-0.4, -0.2) is 49.3 Å². The van der Waals surface area contributed by atoms with E-state index < -0.39 is 27.8 Å². The molecule has 1 aliphatic heterocycles. The maximum atomic E-state index is 12.6. The maximum Gasteiger partial charge on any atom is 0.307 e. The van der Waals surface area contributed by atoms with Gasteiger partial charge in [-0.25, -0.2) is 8.42 Å². The molecule has 7 nitrogen and oxygen atoms in total. The molecule has 1 aromatic carbocycles. The molecule has 2 aliphatic rings. The SMILES string of the molecule is CCN(CC)S(=O)(=O)c1ccc2c(c1)CCN2C(=O)C1CC1C(=O)O. The largest absolute Gasteiger partial charge is 0.481 e. The Labute approximate surface area is 147 Å². The zero-order chi connectivity index (χ0) is 18.4. The van der Waals surface area contributed by atoms with Crippen molar-refractivity contribution in [2.45, 2.75) is 31.6 Å². The summed E-state index contributed by atoms with van der Waals surface area (Å²) in [5.74, 6) is -2.15. The number of hydrogen-bond acceptors (Lipinski definition) is 4. The molecule has 1 aromatic rings. The van der Waals surface area contributed by atoms with E-state index in [1.54, 1.807) is 30.9 Å². The minimum absolute atomic E-state index is 0.175. The van der Waals surface area contributed by atoms with Crippen LogP contribution in [0.5, 0.6) is 0 Å². The molecular formula is C17H22N2O5S. The molecule has 1 aliphatic carbocycles. The molecule has 0 radical (unpaired) electrons. The molecule has 1 amide bonds. The first-order chi connectivity index (χ1) is 11.8. The third-order valence-corrected chi connectivity index (χ3v) is 7.03. The first-order valence-corrected chi connectivity index (χ1v) is 9.92. The van der Waals surface area contributed by atoms with Gasteiger partial charge in [0.05, 0.1) is 16.7 Å². The van der Waals surface area contributed by atoms with E-state index in [-0.39, 0.29) is 10.8 Å². The number of anilines is 1. The van der Waals surface area contributed by atoms with Crippen molar-refractivity contribution in [3.05, 3.63) is 23.8 Å². The molecule has 0 bridgehead atoms. The van der Waals surface area contributed by atoms with Gasteiger partial charge in [0.1, 0.15) is 0 Å². The van der Waals surface area contributed by atoms with Gasteiger partial charge in [-0.1, -0.05) is 13.8 Å². The summed E-state index contributed by atoms with van der Waals surface area (Å²) in [5, 5.41) is 8.99. The Balaban J connectivity index is 1.84. The predicted molar refractivity (Wildman–Crippen MR) is 91.8 cm³/mol. The van der Waals surface area contributed by atoms with Crippen LogP contribution < -0.4 is 4.90 Å². The molecule has 136 valence electrons. The quantitative estimate of drug-likeness (QED) is 0.819. The van der Waals surface area contributed by atoms with E-state index in [0.717, 1.165) is 5.56 Å². The number of hydrogen-bond donors (Lipinski definition) is 1. The fourth-order valence-electron chi connectivity index (χ4n) is 3.42. The van der Waals surface area contributed by atoms with Crippen LogP contribution in [-0.2, 0) is 26.0 Å². The van der Waals surface area contributed by atoms with Gasteiger partial charge in [-0.3, -0.25) is 9.59 Å². The monoisotopic (exact) mass is 366 g/mol. The number of carboxylic acid groups (broad SMARTS) is 1. The number of amides is 1. The Morgan fingerprint density at radius 3 is 2.48 bits per heavy atom. The predicted octanol–water partition coefficient (Wildman–Crippen LogP) is 1.33. The zero-order valence-corrected chi connectivity index (χ0v) is 15.1. The van der Waals surface area contributed by atoms with Crippen LogP contribution in [0.4, 0.5) is 5.69 Å². The molecule has 1 fully saturated rings. The van der Waals surface area contributed by atoms with Crippen LogP contribution in [0.1, 0.15) is 25.8 Å². The van der Waals surface area contributed by atoms with Gasteiger partial charge in [0.15, 0.2) is 0 Å². The molecule has 2 unspecified atom stereocenters. The van der Waals surface area contributed by atoms with E-state index in [1.165, 1.54) is 10.4 Å². The van der Waals surface area contributed by atoms with Crippen molar-refractivity contribution in [1.29, 1.82) is 0 Å². The molecule has 1 saturated carbocycles. The van der Waals surface area contributed by atoms with Crippen LogP contribution in [0.2, 0.25) is 0 Å². The van der Waals surface area contributed by atoms with Gasteiger partial charge < -0.3 is 10.0 Å². The number of rotatable bonds is 6. The first kappa shape index (κ1) is 17.9. The van der Waals surface area contributed by atoms with Crippen LogP contribution in [0.3, 0.4) is 0 Å². The Hall–Kier alpha value is -1.93. The molecular weight excluding hydrogens is 344 g/mol. The Morgan fingerprint density at radius 2 is 1.92 bits per heavy atom. The van der Waals surface area contributed by atoms with E-state index in [9.17, 15) is 18.0 Å². The highest BCUT2D eigenvalue weighted by Gasteiger charge is 2.50. The molecule has 2 atom stereocenters. The van der Waals surface area contributed by atoms with Crippen LogP contribution in [0, 0.1) is 11.8 Å². The summed E-state index contributed by atoms with van der Waals surface area (Å²) in [4.78, 5) is 25.3. The second kappa shape index (κ2) is 6.42. The molecule has 1 heterocycles. The molecule has 3 rings (SSSR count). The van der Waals surface area contributed by atoms with Gasteiger partial charge in [0.2, 0.25) is 15.9 Å². The van der Waals surface area contributed by atoms with E-state index in [0.29, 0.717) is 38.2 Å². The number of fused-ring (bicyclic) bond motifs is 1. The summed E-state index contributed by atoms with van der Waals surface area (Å²) < 4.78 is 26.6. The van der Waals surface area contributed by atoms with Crippen molar-refractivity contribution in [1.82, 2.24) is 4.31 Å². The van der Waals surface area contributed by atoms with Crippen molar-refractivity contribution in [3.8, 4) is 0 Å². The van der Waals surface area contributed by atoms with E-state index >= 15 is 0 Å². The van der Waals surface area contributed by atoms with Gasteiger partial charge in [0, 0.05) is 25.3 Å². The minimum atomic E-state index is -3.53. The van der Waals surface area contributed by atoms with Gasteiger partial charge in [0.25, 0.3) is 0 Å². The van der Waals surface area contributed by atoms with Crippen LogP contribution >= 0.6 is 0 Å². The standard InChI is InChI=1S/C17H22N2O5S/c1-3-18(4-2)25(23,24)12-5-6-15-11(9-12)7-8-19(15)16(20)13-10-14(13)17(21)22/h5-6,9,13-14H,3-4,7-8,10H2,1-2H3,(H,21,22). The molecule has 0 saturated heterocycles. The third-order valence-electron chi connectivity index (χ3n) is 4.98. The number of sulfonamides is 1. The second-order valence-corrected chi connectivity index (χ2v) is 8.34. The number of nitrogens with zero attached hydrogens (tertiary/aromatic N) is 2. The van der Waals surface area contributed by atoms with Gasteiger partial charge >= 0.3 is 5.97 Å². The summed E-state index contributed by atoms with van der Waals surface area (Å²) in [6.07, 6.45) is 0.960. The van der Waals surface area contributed by atoms with Gasteiger partial charge in [-0.2, -0.15) is 4.31 Å². The lowest BCUT2D eigenvalue weighted by atomic mass is 10.2. The lowest BCUT2D eigenvalue weighted by Gasteiger charge is -2.20.